The van der Waals surface area contributed by atoms with Gasteiger partial charge in [0, 0.05) is 24.2 Å². The number of rotatable bonds is 2. The van der Waals surface area contributed by atoms with Gasteiger partial charge in [0.25, 0.3) is 11.8 Å². The standard InChI is InChI=1S/C22H21N3O5/c26-20(13-4-7-18-19(11-13)30-10-2-9-29-18)23-14-5-6-16-15(12-14)22(28)25-8-1-3-17(25)21(27)24-16/h4-7,11-12,17H,1-3,8-10H2,(H,23,26)(H,24,27). The predicted octanol–water partition coefficient (Wildman–Crippen LogP) is 2.66. The van der Waals surface area contributed by atoms with Crippen molar-refractivity contribution < 1.29 is 23.9 Å². The minimum atomic E-state index is -0.426. The van der Waals surface area contributed by atoms with E-state index in [-0.39, 0.29) is 17.7 Å². The number of ether oxygens (including phenoxy) is 2. The number of fused-ring (bicyclic) bond motifs is 3. The van der Waals surface area contributed by atoms with E-state index < -0.39 is 6.04 Å². The van der Waals surface area contributed by atoms with E-state index in [1.54, 1.807) is 41.3 Å². The van der Waals surface area contributed by atoms with Crippen LogP contribution >= 0.6 is 0 Å². The smallest absolute Gasteiger partial charge is 0.256 e. The number of nitrogens with one attached hydrogen (secondary N) is 2. The van der Waals surface area contributed by atoms with Crippen molar-refractivity contribution in [3.05, 3.63) is 47.5 Å². The fraction of sp³-hybridized carbons (Fsp3) is 0.318. The van der Waals surface area contributed by atoms with Crippen molar-refractivity contribution in [3.8, 4) is 11.5 Å². The first-order valence-corrected chi connectivity index (χ1v) is 10.1. The first-order valence-electron chi connectivity index (χ1n) is 10.1. The number of amides is 3. The molecule has 2 aromatic carbocycles. The molecule has 1 saturated heterocycles. The average Bonchev–Trinajstić information content (AvgIpc) is 3.09. The third kappa shape index (κ3) is 3.24. The van der Waals surface area contributed by atoms with Crippen molar-refractivity contribution in [2.24, 2.45) is 0 Å². The van der Waals surface area contributed by atoms with Gasteiger partial charge in [0.05, 0.1) is 24.5 Å². The molecule has 0 aliphatic carbocycles. The molecule has 0 radical (unpaired) electrons. The molecule has 8 heteroatoms. The molecule has 3 aliphatic heterocycles. The first kappa shape index (κ1) is 18.5. The van der Waals surface area contributed by atoms with E-state index in [1.165, 1.54) is 0 Å². The Morgan fingerprint density at radius 3 is 2.73 bits per heavy atom. The van der Waals surface area contributed by atoms with Crippen molar-refractivity contribution in [1.29, 1.82) is 0 Å². The van der Waals surface area contributed by atoms with Crippen LogP contribution < -0.4 is 20.1 Å². The van der Waals surface area contributed by atoms with Crippen LogP contribution in [0.4, 0.5) is 11.4 Å². The topological polar surface area (TPSA) is 97.0 Å². The van der Waals surface area contributed by atoms with E-state index in [1.807, 2.05) is 0 Å². The van der Waals surface area contributed by atoms with Gasteiger partial charge in [-0.25, -0.2) is 0 Å². The number of carbonyl (C=O) groups excluding carboxylic acids is 3. The Labute approximate surface area is 173 Å². The zero-order valence-corrected chi connectivity index (χ0v) is 16.3. The van der Waals surface area contributed by atoms with Gasteiger partial charge < -0.3 is 25.0 Å². The lowest BCUT2D eigenvalue weighted by molar-refractivity contribution is -0.119. The predicted molar refractivity (Wildman–Crippen MR) is 109 cm³/mol. The Balaban J connectivity index is 1.39. The van der Waals surface area contributed by atoms with Gasteiger partial charge in [-0.15, -0.1) is 0 Å². The Morgan fingerprint density at radius 1 is 1.03 bits per heavy atom. The molecule has 154 valence electrons. The number of benzene rings is 2. The van der Waals surface area contributed by atoms with E-state index in [9.17, 15) is 14.4 Å². The Kier molecular flexibility index (Phi) is 4.54. The van der Waals surface area contributed by atoms with Crippen molar-refractivity contribution in [3.63, 3.8) is 0 Å². The monoisotopic (exact) mass is 407 g/mol. The molecule has 5 rings (SSSR count). The SMILES string of the molecule is O=C(Nc1ccc2c(c1)C(=O)N1CCCC1C(=O)N2)c1ccc2c(c1)OCCCO2. The number of anilines is 2. The molecule has 8 nitrogen and oxygen atoms in total. The van der Waals surface area contributed by atoms with E-state index in [0.717, 1.165) is 12.8 Å². The summed E-state index contributed by atoms with van der Waals surface area (Å²) >= 11 is 0. The molecular weight excluding hydrogens is 386 g/mol. The summed E-state index contributed by atoms with van der Waals surface area (Å²) in [5, 5.41) is 5.66. The summed E-state index contributed by atoms with van der Waals surface area (Å²) in [5.74, 6) is 0.478. The van der Waals surface area contributed by atoms with Crippen LogP contribution in [0.15, 0.2) is 36.4 Å². The second kappa shape index (κ2) is 7.37. The largest absolute Gasteiger partial charge is 0.490 e. The molecule has 3 amide bonds. The highest BCUT2D eigenvalue weighted by Crippen LogP contribution is 2.32. The highest BCUT2D eigenvalue weighted by Gasteiger charge is 2.38. The Bertz CT molecular complexity index is 1050. The van der Waals surface area contributed by atoms with Gasteiger partial charge in [0.2, 0.25) is 5.91 Å². The molecular formula is C22H21N3O5. The van der Waals surface area contributed by atoms with E-state index in [2.05, 4.69) is 10.6 Å². The summed E-state index contributed by atoms with van der Waals surface area (Å²) in [4.78, 5) is 39.7. The fourth-order valence-corrected chi connectivity index (χ4v) is 4.07. The lowest BCUT2D eigenvalue weighted by Crippen LogP contribution is -2.40. The average molecular weight is 407 g/mol. The van der Waals surface area contributed by atoms with Crippen LogP contribution in [0.5, 0.6) is 11.5 Å². The summed E-state index contributed by atoms with van der Waals surface area (Å²) < 4.78 is 11.2. The van der Waals surface area contributed by atoms with Crippen LogP contribution in [-0.4, -0.2) is 48.4 Å². The summed E-state index contributed by atoms with van der Waals surface area (Å²) in [6.07, 6.45) is 2.26. The second-order valence-corrected chi connectivity index (χ2v) is 7.57. The normalized spacial score (nSPS) is 19.9. The molecule has 3 heterocycles. The zero-order valence-electron chi connectivity index (χ0n) is 16.3. The molecule has 3 aliphatic rings. The molecule has 2 N–H and O–H groups in total. The van der Waals surface area contributed by atoms with E-state index in [0.29, 0.717) is 60.2 Å². The van der Waals surface area contributed by atoms with Crippen molar-refractivity contribution in [2.45, 2.75) is 25.3 Å². The minimum absolute atomic E-state index is 0.163. The Morgan fingerprint density at radius 2 is 1.87 bits per heavy atom. The lowest BCUT2D eigenvalue weighted by atomic mass is 10.1. The molecule has 0 bridgehead atoms. The fourth-order valence-electron chi connectivity index (χ4n) is 4.07. The first-order chi connectivity index (χ1) is 14.6. The van der Waals surface area contributed by atoms with Crippen LogP contribution in [0.3, 0.4) is 0 Å². The Hall–Kier alpha value is -3.55. The molecule has 2 aromatic rings. The highest BCUT2D eigenvalue weighted by atomic mass is 16.5. The van der Waals surface area contributed by atoms with Crippen LogP contribution in [-0.2, 0) is 4.79 Å². The third-order valence-corrected chi connectivity index (χ3v) is 5.59. The van der Waals surface area contributed by atoms with Crippen molar-refractivity contribution >= 4 is 29.1 Å². The maximum absolute atomic E-state index is 13.0. The second-order valence-electron chi connectivity index (χ2n) is 7.57. The molecule has 30 heavy (non-hydrogen) atoms. The lowest BCUT2D eigenvalue weighted by Gasteiger charge is -2.20. The molecule has 0 aromatic heterocycles. The summed E-state index contributed by atoms with van der Waals surface area (Å²) in [6.45, 7) is 1.68. The summed E-state index contributed by atoms with van der Waals surface area (Å²) in [6, 6.07) is 9.55. The maximum Gasteiger partial charge on any atom is 0.256 e. The zero-order chi connectivity index (χ0) is 20.7. The third-order valence-electron chi connectivity index (χ3n) is 5.59. The van der Waals surface area contributed by atoms with Crippen LogP contribution in [0.25, 0.3) is 0 Å². The number of nitrogens with zero attached hydrogens (tertiary/aromatic N) is 1. The van der Waals surface area contributed by atoms with Gasteiger partial charge in [-0.1, -0.05) is 0 Å². The van der Waals surface area contributed by atoms with Crippen molar-refractivity contribution in [1.82, 2.24) is 4.90 Å². The van der Waals surface area contributed by atoms with Gasteiger partial charge in [-0.2, -0.15) is 0 Å². The van der Waals surface area contributed by atoms with Crippen LogP contribution in [0, 0.1) is 0 Å². The summed E-state index contributed by atoms with van der Waals surface area (Å²) in [5.41, 5.74) is 1.75. The van der Waals surface area contributed by atoms with Gasteiger partial charge in [-0.05, 0) is 49.2 Å². The number of hydrogen-bond donors (Lipinski definition) is 2. The van der Waals surface area contributed by atoms with Gasteiger partial charge in [0.15, 0.2) is 11.5 Å². The van der Waals surface area contributed by atoms with Crippen molar-refractivity contribution in [2.75, 3.05) is 30.4 Å². The van der Waals surface area contributed by atoms with Gasteiger partial charge >= 0.3 is 0 Å². The minimum Gasteiger partial charge on any atom is -0.490 e. The van der Waals surface area contributed by atoms with Crippen LogP contribution in [0.2, 0.25) is 0 Å². The quantitative estimate of drug-likeness (QED) is 0.798. The van der Waals surface area contributed by atoms with Gasteiger partial charge in [0.1, 0.15) is 6.04 Å². The van der Waals surface area contributed by atoms with E-state index in [4.69, 9.17) is 9.47 Å². The molecule has 0 saturated carbocycles. The van der Waals surface area contributed by atoms with Crippen LogP contribution in [0.1, 0.15) is 40.0 Å². The number of carbonyl (C=O) groups is 3. The molecule has 1 fully saturated rings. The molecule has 0 spiro atoms. The highest BCUT2D eigenvalue weighted by molar-refractivity contribution is 6.11. The van der Waals surface area contributed by atoms with E-state index >= 15 is 0 Å². The molecule has 1 unspecified atom stereocenters. The number of hydrogen-bond acceptors (Lipinski definition) is 5. The van der Waals surface area contributed by atoms with Gasteiger partial charge in [-0.3, -0.25) is 14.4 Å². The maximum atomic E-state index is 13.0. The summed E-state index contributed by atoms with van der Waals surface area (Å²) in [7, 11) is 0. The molecule has 1 atom stereocenters.